The molecule has 0 radical (unpaired) electrons. The van der Waals surface area contributed by atoms with Gasteiger partial charge in [-0.1, -0.05) is 12.1 Å². The van der Waals surface area contributed by atoms with E-state index in [4.69, 9.17) is 5.11 Å². The fraction of sp³-hybridized carbons (Fsp3) is 0.154. The Morgan fingerprint density at radius 1 is 1.17 bits per heavy atom. The van der Waals surface area contributed by atoms with Gasteiger partial charge >= 0.3 is 11.7 Å². The van der Waals surface area contributed by atoms with Crippen molar-refractivity contribution in [3.8, 4) is 0 Å². The topological polar surface area (TPSA) is 149 Å². The van der Waals surface area contributed by atoms with Crippen molar-refractivity contribution in [2.24, 2.45) is 0 Å². The van der Waals surface area contributed by atoms with Gasteiger partial charge in [0.2, 0.25) is 10.0 Å². The molecule has 0 atom stereocenters. The first-order chi connectivity index (χ1) is 10.7. The Labute approximate surface area is 130 Å². The Balaban J connectivity index is 2.24. The molecule has 0 unspecified atom stereocenters. The highest BCUT2D eigenvalue weighted by atomic mass is 32.2. The summed E-state index contributed by atoms with van der Waals surface area (Å²) in [5.74, 6) is -1.09. The van der Waals surface area contributed by atoms with Gasteiger partial charge < -0.3 is 10.1 Å². The molecule has 9 nitrogen and oxygen atoms in total. The van der Waals surface area contributed by atoms with Gasteiger partial charge in [-0.25, -0.2) is 22.7 Å². The predicted octanol–water partition coefficient (Wildman–Crippen LogP) is -0.452. The number of hydrogen-bond acceptors (Lipinski definition) is 5. The van der Waals surface area contributed by atoms with Gasteiger partial charge in [-0.15, -0.1) is 0 Å². The number of hydrogen-bond donors (Lipinski definition) is 4. The Morgan fingerprint density at radius 2 is 1.78 bits per heavy atom. The third-order valence-electron chi connectivity index (χ3n) is 3.01. The van der Waals surface area contributed by atoms with Crippen LogP contribution in [0.4, 0.5) is 0 Å². The van der Waals surface area contributed by atoms with E-state index in [9.17, 15) is 22.8 Å². The standard InChI is InChI=1S/C13H13N3O6S/c1-7-10(11(17)16-13(20)15-7)23(21,22)14-6-8-2-4-9(5-3-8)12(18)19/h2-5,14H,6H2,1H3,(H,18,19)(H2,15,16,17,20). The zero-order valence-corrected chi connectivity index (χ0v) is 12.7. The zero-order valence-electron chi connectivity index (χ0n) is 11.9. The largest absolute Gasteiger partial charge is 0.478 e. The number of rotatable bonds is 5. The van der Waals surface area contributed by atoms with Crippen molar-refractivity contribution in [3.05, 3.63) is 61.9 Å². The molecule has 1 heterocycles. The molecule has 0 spiro atoms. The van der Waals surface area contributed by atoms with Crippen LogP contribution in [0.1, 0.15) is 21.6 Å². The fourth-order valence-corrected chi connectivity index (χ4v) is 3.18. The Kier molecular flexibility index (Phi) is 4.48. The third-order valence-corrected chi connectivity index (χ3v) is 4.56. The second-order valence-corrected chi connectivity index (χ2v) is 6.39. The number of aromatic amines is 2. The van der Waals surface area contributed by atoms with E-state index >= 15 is 0 Å². The van der Waals surface area contributed by atoms with Crippen LogP contribution < -0.4 is 16.0 Å². The maximum absolute atomic E-state index is 12.2. The van der Waals surface area contributed by atoms with E-state index < -0.39 is 32.1 Å². The number of aryl methyl sites for hydroxylation is 1. The summed E-state index contributed by atoms with van der Waals surface area (Å²) < 4.78 is 26.6. The maximum atomic E-state index is 12.2. The van der Waals surface area contributed by atoms with Gasteiger partial charge in [0.25, 0.3) is 5.56 Å². The minimum absolute atomic E-state index is 0.0736. The van der Waals surface area contributed by atoms with E-state index in [1.165, 1.54) is 31.2 Å². The van der Waals surface area contributed by atoms with Crippen LogP contribution >= 0.6 is 0 Å². The van der Waals surface area contributed by atoms with Gasteiger partial charge in [-0.2, -0.15) is 0 Å². The molecule has 0 amide bonds. The first-order valence-corrected chi connectivity index (χ1v) is 7.84. The van der Waals surface area contributed by atoms with Crippen LogP contribution in [0.25, 0.3) is 0 Å². The molecule has 23 heavy (non-hydrogen) atoms. The number of carboxylic acid groups (broad SMARTS) is 1. The summed E-state index contributed by atoms with van der Waals surface area (Å²) in [7, 11) is -4.14. The van der Waals surface area contributed by atoms with Crippen molar-refractivity contribution in [2.75, 3.05) is 0 Å². The lowest BCUT2D eigenvalue weighted by Gasteiger charge is -2.08. The summed E-state index contributed by atoms with van der Waals surface area (Å²) in [5, 5.41) is 8.79. The lowest BCUT2D eigenvalue weighted by molar-refractivity contribution is 0.0697. The molecule has 0 aliphatic heterocycles. The Hall–Kier alpha value is -2.72. The molecule has 10 heteroatoms. The van der Waals surface area contributed by atoms with Crippen LogP contribution in [-0.4, -0.2) is 29.5 Å². The summed E-state index contributed by atoms with van der Waals surface area (Å²) in [6, 6.07) is 5.58. The van der Waals surface area contributed by atoms with Gasteiger partial charge in [0, 0.05) is 12.2 Å². The van der Waals surface area contributed by atoms with E-state index in [1.807, 2.05) is 4.98 Å². The maximum Gasteiger partial charge on any atom is 0.335 e. The van der Waals surface area contributed by atoms with E-state index in [0.29, 0.717) is 5.56 Å². The molecule has 0 saturated carbocycles. The highest BCUT2D eigenvalue weighted by Gasteiger charge is 2.21. The molecule has 122 valence electrons. The molecule has 1 aromatic heterocycles. The molecule has 2 aromatic rings. The second-order valence-electron chi connectivity index (χ2n) is 4.69. The number of benzene rings is 1. The monoisotopic (exact) mass is 339 g/mol. The molecule has 0 aliphatic carbocycles. The molecule has 0 bridgehead atoms. The van der Waals surface area contributed by atoms with Crippen LogP contribution in [0.15, 0.2) is 38.8 Å². The first kappa shape index (κ1) is 16.6. The van der Waals surface area contributed by atoms with Crippen LogP contribution in [0.2, 0.25) is 0 Å². The van der Waals surface area contributed by atoms with E-state index in [1.54, 1.807) is 0 Å². The van der Waals surface area contributed by atoms with Crippen LogP contribution in [0.3, 0.4) is 0 Å². The first-order valence-electron chi connectivity index (χ1n) is 6.36. The van der Waals surface area contributed by atoms with Crippen LogP contribution in [0, 0.1) is 6.92 Å². The van der Waals surface area contributed by atoms with Crippen molar-refractivity contribution in [1.29, 1.82) is 0 Å². The lowest BCUT2D eigenvalue weighted by atomic mass is 10.1. The number of aromatic carboxylic acids is 1. The third kappa shape index (κ3) is 3.73. The van der Waals surface area contributed by atoms with Crippen molar-refractivity contribution in [2.45, 2.75) is 18.4 Å². The fourth-order valence-electron chi connectivity index (χ4n) is 1.93. The van der Waals surface area contributed by atoms with E-state index in [-0.39, 0.29) is 17.8 Å². The summed E-state index contributed by atoms with van der Waals surface area (Å²) >= 11 is 0. The predicted molar refractivity (Wildman–Crippen MR) is 79.8 cm³/mol. The Morgan fingerprint density at radius 3 is 2.30 bits per heavy atom. The van der Waals surface area contributed by atoms with E-state index in [0.717, 1.165) is 0 Å². The average molecular weight is 339 g/mol. The number of sulfonamides is 1. The van der Waals surface area contributed by atoms with E-state index in [2.05, 4.69) is 9.71 Å². The minimum Gasteiger partial charge on any atom is -0.478 e. The normalized spacial score (nSPS) is 11.3. The molecule has 0 aliphatic rings. The van der Waals surface area contributed by atoms with Gasteiger partial charge in [0.05, 0.1) is 5.56 Å². The molecular weight excluding hydrogens is 326 g/mol. The number of nitrogens with one attached hydrogen (secondary N) is 3. The molecule has 2 rings (SSSR count). The smallest absolute Gasteiger partial charge is 0.335 e. The summed E-state index contributed by atoms with van der Waals surface area (Å²) in [4.78, 5) is 37.0. The highest BCUT2D eigenvalue weighted by molar-refractivity contribution is 7.89. The van der Waals surface area contributed by atoms with Gasteiger partial charge in [0.1, 0.15) is 0 Å². The van der Waals surface area contributed by atoms with Gasteiger partial charge in [0.15, 0.2) is 4.90 Å². The highest BCUT2D eigenvalue weighted by Crippen LogP contribution is 2.08. The van der Waals surface area contributed by atoms with Crippen LogP contribution in [0.5, 0.6) is 0 Å². The molecule has 0 fully saturated rings. The molecule has 4 N–H and O–H groups in total. The summed E-state index contributed by atoms with van der Waals surface area (Å²) in [6.45, 7) is 1.16. The minimum atomic E-state index is -4.14. The number of aromatic nitrogens is 2. The van der Waals surface area contributed by atoms with Crippen LogP contribution in [-0.2, 0) is 16.6 Å². The van der Waals surface area contributed by atoms with Crippen molar-refractivity contribution in [3.63, 3.8) is 0 Å². The van der Waals surface area contributed by atoms with Gasteiger partial charge in [-0.05, 0) is 24.6 Å². The van der Waals surface area contributed by atoms with Crippen molar-refractivity contribution >= 4 is 16.0 Å². The lowest BCUT2D eigenvalue weighted by Crippen LogP contribution is -2.34. The Bertz CT molecular complexity index is 956. The van der Waals surface area contributed by atoms with Crippen molar-refractivity contribution in [1.82, 2.24) is 14.7 Å². The van der Waals surface area contributed by atoms with Crippen molar-refractivity contribution < 1.29 is 18.3 Å². The second kappa shape index (κ2) is 6.18. The number of carbonyl (C=O) groups is 1. The SMILES string of the molecule is Cc1[nH]c(=O)[nH]c(=O)c1S(=O)(=O)NCc1ccc(C(=O)O)cc1. The number of H-pyrrole nitrogens is 2. The summed E-state index contributed by atoms with van der Waals surface area (Å²) in [5.41, 5.74) is -1.30. The summed E-state index contributed by atoms with van der Waals surface area (Å²) in [6.07, 6.45) is 0. The zero-order chi connectivity index (χ0) is 17.2. The quantitative estimate of drug-likeness (QED) is 0.579. The number of carboxylic acids is 1. The molecule has 0 saturated heterocycles. The molecular formula is C13H13N3O6S. The van der Waals surface area contributed by atoms with Gasteiger partial charge in [-0.3, -0.25) is 9.78 Å². The average Bonchev–Trinajstić information content (AvgIpc) is 2.44. The molecule has 1 aromatic carbocycles.